The lowest BCUT2D eigenvalue weighted by atomic mass is 10.1. The number of hydrogen-bond acceptors (Lipinski definition) is 6. The number of ether oxygens (including phenoxy) is 1. The molecule has 0 N–H and O–H groups in total. The van der Waals surface area contributed by atoms with Gasteiger partial charge in [0.15, 0.2) is 0 Å². The molecule has 0 radical (unpaired) electrons. The van der Waals surface area contributed by atoms with Crippen molar-refractivity contribution >= 4 is 39.6 Å². The molecule has 0 bridgehead atoms. The van der Waals surface area contributed by atoms with Crippen LogP contribution in [0.5, 0.6) is 5.75 Å². The van der Waals surface area contributed by atoms with E-state index in [1.165, 1.54) is 11.3 Å². The Morgan fingerprint density at radius 2 is 1.86 bits per heavy atom. The number of halogens is 1. The van der Waals surface area contributed by atoms with Gasteiger partial charge in [-0.25, -0.2) is 4.98 Å². The summed E-state index contributed by atoms with van der Waals surface area (Å²) in [5.41, 5.74) is 1.88. The summed E-state index contributed by atoms with van der Waals surface area (Å²) in [6, 6.07) is 16.9. The molecule has 1 saturated heterocycles. The van der Waals surface area contributed by atoms with Gasteiger partial charge in [0.1, 0.15) is 16.3 Å². The molecule has 1 aliphatic heterocycles. The van der Waals surface area contributed by atoms with Crippen molar-refractivity contribution in [2.24, 2.45) is 0 Å². The van der Waals surface area contributed by atoms with E-state index in [-0.39, 0.29) is 18.0 Å². The molecule has 3 aromatic heterocycles. The summed E-state index contributed by atoms with van der Waals surface area (Å²) in [6.07, 6.45) is 7.49. The molecule has 1 atom stereocenters. The molecule has 0 spiro atoms. The predicted molar refractivity (Wildman–Crippen MR) is 146 cm³/mol. The Labute approximate surface area is 215 Å². The van der Waals surface area contributed by atoms with E-state index in [0.717, 1.165) is 70.1 Å². The Hall–Kier alpha value is -2.87. The number of likely N-dealkylation sites (N-methyl/N-ethyl adjacent to an activating group) is 1. The summed E-state index contributed by atoms with van der Waals surface area (Å²) in [5, 5.41) is 0.968. The molecule has 4 aromatic rings. The van der Waals surface area contributed by atoms with Gasteiger partial charge in [0, 0.05) is 35.6 Å². The number of fused-ring (bicyclic) bond motifs is 1. The summed E-state index contributed by atoms with van der Waals surface area (Å²) in [7, 11) is 4.25. The fraction of sp³-hybridized carbons (Fsp3) is 0.333. The second kappa shape index (κ2) is 9.64. The lowest BCUT2D eigenvalue weighted by Crippen LogP contribution is -2.31. The zero-order chi connectivity index (χ0) is 23.2. The first-order chi connectivity index (χ1) is 16.5. The van der Waals surface area contributed by atoms with Crippen molar-refractivity contribution in [3.63, 3.8) is 0 Å². The molecule has 1 aromatic carbocycles. The highest BCUT2D eigenvalue weighted by Gasteiger charge is 2.25. The number of rotatable bonds is 6. The van der Waals surface area contributed by atoms with Crippen molar-refractivity contribution < 1.29 is 4.74 Å². The Bertz CT molecular complexity index is 1380. The largest absolute Gasteiger partial charge is 0.490 e. The van der Waals surface area contributed by atoms with Gasteiger partial charge in [-0.3, -0.25) is 9.36 Å². The average Bonchev–Trinajstić information content (AvgIpc) is 3.34. The summed E-state index contributed by atoms with van der Waals surface area (Å²) in [6.45, 7) is 1.99. The summed E-state index contributed by atoms with van der Waals surface area (Å²) >= 11 is 1.54. The second-order valence-corrected chi connectivity index (χ2v) is 10.5. The molecule has 6 nitrogen and oxygen atoms in total. The molecular weight excluding hydrogens is 480 g/mol. The number of nitrogens with zero attached hydrogens (tertiary/aromatic N) is 4. The van der Waals surface area contributed by atoms with E-state index in [0.29, 0.717) is 12.1 Å². The summed E-state index contributed by atoms with van der Waals surface area (Å²) in [5.74, 6) is 1.88. The van der Waals surface area contributed by atoms with Gasteiger partial charge >= 0.3 is 0 Å². The van der Waals surface area contributed by atoms with Crippen LogP contribution in [0.25, 0.3) is 26.2 Å². The van der Waals surface area contributed by atoms with Gasteiger partial charge in [-0.05, 0) is 87.5 Å². The second-order valence-electron chi connectivity index (χ2n) is 9.45. The van der Waals surface area contributed by atoms with E-state index in [9.17, 15) is 4.79 Å². The molecule has 1 aliphatic carbocycles. The average molecular weight is 509 g/mol. The van der Waals surface area contributed by atoms with Crippen LogP contribution >= 0.6 is 23.7 Å². The van der Waals surface area contributed by atoms with Crippen molar-refractivity contribution in [2.45, 2.75) is 31.4 Å². The van der Waals surface area contributed by atoms with E-state index in [1.54, 1.807) is 10.8 Å². The van der Waals surface area contributed by atoms with Crippen molar-refractivity contribution in [1.82, 2.24) is 14.5 Å². The van der Waals surface area contributed by atoms with Gasteiger partial charge < -0.3 is 14.5 Å². The number of anilines is 1. The number of thiophene rings is 1. The lowest BCUT2D eigenvalue weighted by Gasteiger charge is -2.21. The zero-order valence-corrected chi connectivity index (χ0v) is 21.5. The summed E-state index contributed by atoms with van der Waals surface area (Å²) < 4.78 is 8.31. The molecule has 182 valence electrons. The van der Waals surface area contributed by atoms with E-state index >= 15 is 0 Å². The maximum Gasteiger partial charge on any atom is 0.273 e. The van der Waals surface area contributed by atoms with E-state index in [1.807, 2.05) is 36.5 Å². The monoisotopic (exact) mass is 508 g/mol. The van der Waals surface area contributed by atoms with E-state index in [4.69, 9.17) is 4.74 Å². The van der Waals surface area contributed by atoms with E-state index < -0.39 is 0 Å². The Kier molecular flexibility index (Phi) is 6.57. The first-order valence-electron chi connectivity index (χ1n) is 11.9. The van der Waals surface area contributed by atoms with Crippen molar-refractivity contribution in [3.8, 4) is 21.9 Å². The van der Waals surface area contributed by atoms with Crippen LogP contribution in [0.3, 0.4) is 0 Å². The number of aromatic nitrogens is 2. The minimum Gasteiger partial charge on any atom is -0.490 e. The maximum absolute atomic E-state index is 13.3. The maximum atomic E-state index is 13.3. The third-order valence-corrected chi connectivity index (χ3v) is 7.96. The van der Waals surface area contributed by atoms with Crippen molar-refractivity contribution in [2.75, 3.05) is 32.1 Å². The van der Waals surface area contributed by atoms with Crippen LogP contribution < -0.4 is 15.2 Å². The quantitative estimate of drug-likeness (QED) is 0.357. The first kappa shape index (κ1) is 23.9. The highest BCUT2D eigenvalue weighted by atomic mass is 35.5. The normalized spacial score (nSPS) is 17.7. The molecule has 8 heteroatoms. The summed E-state index contributed by atoms with van der Waals surface area (Å²) in [4.78, 5) is 23.7. The third-order valence-electron chi connectivity index (χ3n) is 6.77. The van der Waals surface area contributed by atoms with Crippen LogP contribution in [0.1, 0.15) is 19.3 Å². The fourth-order valence-electron chi connectivity index (χ4n) is 4.53. The third kappa shape index (κ3) is 4.81. The molecule has 6 rings (SSSR count). The number of benzene rings is 1. The Morgan fingerprint density at radius 1 is 1.06 bits per heavy atom. The number of hydrogen-bond donors (Lipinski definition) is 0. The van der Waals surface area contributed by atoms with Crippen LogP contribution in [-0.2, 0) is 0 Å². The molecular formula is C27H29ClN4O2S. The van der Waals surface area contributed by atoms with Crippen LogP contribution in [0.15, 0.2) is 65.7 Å². The zero-order valence-electron chi connectivity index (χ0n) is 19.9. The topological polar surface area (TPSA) is 50.6 Å². The minimum atomic E-state index is -0.00849. The van der Waals surface area contributed by atoms with Gasteiger partial charge in [0.05, 0.1) is 18.0 Å². The van der Waals surface area contributed by atoms with Gasteiger partial charge in [-0.2, -0.15) is 0 Å². The van der Waals surface area contributed by atoms with Crippen LogP contribution in [0.4, 0.5) is 5.82 Å². The van der Waals surface area contributed by atoms with Crippen molar-refractivity contribution in [1.29, 1.82) is 0 Å². The van der Waals surface area contributed by atoms with Crippen molar-refractivity contribution in [3.05, 3.63) is 71.3 Å². The molecule has 4 heterocycles. The smallest absolute Gasteiger partial charge is 0.273 e. The highest BCUT2D eigenvalue weighted by molar-refractivity contribution is 7.22. The van der Waals surface area contributed by atoms with Gasteiger partial charge in [0.2, 0.25) is 0 Å². The molecule has 1 saturated carbocycles. The predicted octanol–water partition coefficient (Wildman–Crippen LogP) is 5.22. The fourth-order valence-corrected chi connectivity index (χ4v) is 5.62. The molecule has 35 heavy (non-hydrogen) atoms. The van der Waals surface area contributed by atoms with Gasteiger partial charge in [0.25, 0.3) is 5.56 Å². The van der Waals surface area contributed by atoms with Crippen LogP contribution in [0, 0.1) is 0 Å². The lowest BCUT2D eigenvalue weighted by molar-refractivity contribution is 0.303. The minimum absolute atomic E-state index is 0. The highest BCUT2D eigenvalue weighted by Crippen LogP contribution is 2.34. The standard InChI is InChI=1S/C27H28N4O2S.ClH/c1-29(2)21-12-13-30(17-21)25-10-5-20(16-28-25)31-14-11-19-15-24(34-26(19)27(31)32)18-3-6-22(7-4-18)33-23-8-9-23;/h3-7,10-11,14-16,21,23H,8-9,12-13,17H2,1-2H3;1H. The molecule has 1 unspecified atom stereocenters. The SMILES string of the molecule is CN(C)C1CCN(c2ccc(-n3ccc4cc(-c5ccc(OC6CC6)cc5)sc4c3=O)cn2)C1.Cl. The Morgan fingerprint density at radius 3 is 2.51 bits per heavy atom. The molecule has 0 amide bonds. The molecule has 2 fully saturated rings. The Balaban J connectivity index is 0.00000253. The first-order valence-corrected chi connectivity index (χ1v) is 12.7. The molecule has 2 aliphatic rings. The van der Waals surface area contributed by atoms with Gasteiger partial charge in [-0.1, -0.05) is 0 Å². The number of pyridine rings is 2. The van der Waals surface area contributed by atoms with E-state index in [2.05, 4.69) is 47.1 Å². The van der Waals surface area contributed by atoms with Crippen LogP contribution in [-0.4, -0.2) is 53.8 Å². The van der Waals surface area contributed by atoms with Crippen LogP contribution in [0.2, 0.25) is 0 Å². The van der Waals surface area contributed by atoms with Gasteiger partial charge in [-0.15, -0.1) is 23.7 Å².